The quantitative estimate of drug-likeness (QED) is 0.828. The van der Waals surface area contributed by atoms with Gasteiger partial charge in [0, 0.05) is 50.6 Å². The van der Waals surface area contributed by atoms with Gasteiger partial charge in [-0.3, -0.25) is 9.80 Å². The van der Waals surface area contributed by atoms with E-state index in [2.05, 4.69) is 16.5 Å². The number of hydrogen-bond donors (Lipinski definition) is 1. The number of nitrogens with zero attached hydrogens (tertiary/aromatic N) is 2. The maximum Gasteiger partial charge on any atom is 0.401 e. The lowest BCUT2D eigenvalue weighted by Crippen LogP contribution is -2.54. The van der Waals surface area contributed by atoms with Gasteiger partial charge >= 0.3 is 6.18 Å². The summed E-state index contributed by atoms with van der Waals surface area (Å²) >= 11 is 1.85. The number of rotatable bonds is 3. The van der Waals surface area contributed by atoms with Gasteiger partial charge in [-0.25, -0.2) is 0 Å². The van der Waals surface area contributed by atoms with Crippen molar-refractivity contribution in [1.29, 1.82) is 0 Å². The van der Waals surface area contributed by atoms with Gasteiger partial charge in [-0.1, -0.05) is 0 Å². The van der Waals surface area contributed by atoms with Crippen molar-refractivity contribution in [3.05, 3.63) is 0 Å². The van der Waals surface area contributed by atoms with E-state index in [4.69, 9.17) is 0 Å². The van der Waals surface area contributed by atoms with Crippen LogP contribution in [0.15, 0.2) is 0 Å². The van der Waals surface area contributed by atoms with Crippen LogP contribution in [-0.4, -0.2) is 79.3 Å². The first-order chi connectivity index (χ1) is 8.49. The second-order valence-corrected chi connectivity index (χ2v) is 6.00. The first-order valence-electron chi connectivity index (χ1n) is 6.26. The molecule has 0 aromatic carbocycles. The summed E-state index contributed by atoms with van der Waals surface area (Å²) in [6.45, 7) is 3.75. The first kappa shape index (κ1) is 14.4. The van der Waals surface area contributed by atoms with Crippen LogP contribution < -0.4 is 5.32 Å². The van der Waals surface area contributed by atoms with Gasteiger partial charge in [0.25, 0.3) is 0 Å². The Morgan fingerprint density at radius 2 is 1.83 bits per heavy atom. The number of nitrogens with one attached hydrogen (secondary N) is 1. The molecule has 3 nitrogen and oxygen atoms in total. The van der Waals surface area contributed by atoms with Crippen LogP contribution in [0.1, 0.15) is 0 Å². The molecule has 0 saturated carbocycles. The highest BCUT2D eigenvalue weighted by Gasteiger charge is 2.36. The highest BCUT2D eigenvalue weighted by molar-refractivity contribution is 7.99. The molecule has 106 valence electrons. The van der Waals surface area contributed by atoms with Gasteiger partial charge in [0.05, 0.1) is 6.54 Å². The highest BCUT2D eigenvalue weighted by atomic mass is 32.2. The summed E-state index contributed by atoms with van der Waals surface area (Å²) in [5.41, 5.74) is 0. The van der Waals surface area contributed by atoms with Crippen molar-refractivity contribution in [1.82, 2.24) is 15.1 Å². The van der Waals surface area contributed by atoms with Crippen molar-refractivity contribution in [3.8, 4) is 0 Å². The molecule has 0 aromatic rings. The average Bonchev–Trinajstić information content (AvgIpc) is 2.76. The van der Waals surface area contributed by atoms with E-state index < -0.39 is 12.7 Å². The standard InChI is InChI=1S/C11H20F3N3S/c1-18-10-7-15-6-9(10)17-4-2-16(3-5-17)8-11(12,13)14/h9-10,15H,2-8H2,1H3. The maximum atomic E-state index is 12.3. The fourth-order valence-electron chi connectivity index (χ4n) is 2.75. The highest BCUT2D eigenvalue weighted by Crippen LogP contribution is 2.22. The Morgan fingerprint density at radius 3 is 2.39 bits per heavy atom. The first-order valence-corrected chi connectivity index (χ1v) is 7.55. The Kier molecular flexibility index (Phi) is 4.80. The summed E-state index contributed by atoms with van der Waals surface area (Å²) in [6.07, 6.45) is -1.97. The van der Waals surface area contributed by atoms with E-state index in [1.165, 1.54) is 4.90 Å². The fourth-order valence-corrected chi connectivity index (χ4v) is 3.62. The van der Waals surface area contributed by atoms with E-state index in [9.17, 15) is 13.2 Å². The molecular weight excluding hydrogens is 263 g/mol. The van der Waals surface area contributed by atoms with Crippen molar-refractivity contribution in [2.75, 3.05) is 52.1 Å². The molecule has 2 aliphatic heterocycles. The van der Waals surface area contributed by atoms with Crippen molar-refractivity contribution >= 4 is 11.8 Å². The topological polar surface area (TPSA) is 18.5 Å². The average molecular weight is 283 g/mol. The molecule has 2 fully saturated rings. The number of alkyl halides is 3. The zero-order valence-electron chi connectivity index (χ0n) is 10.5. The monoisotopic (exact) mass is 283 g/mol. The molecule has 0 aromatic heterocycles. The van der Waals surface area contributed by atoms with Crippen molar-refractivity contribution < 1.29 is 13.2 Å². The summed E-state index contributed by atoms with van der Waals surface area (Å²) in [5.74, 6) is 0. The van der Waals surface area contributed by atoms with E-state index in [-0.39, 0.29) is 0 Å². The third-order valence-corrected chi connectivity index (χ3v) is 4.80. The van der Waals surface area contributed by atoms with E-state index >= 15 is 0 Å². The van der Waals surface area contributed by atoms with E-state index in [1.807, 2.05) is 11.8 Å². The SMILES string of the molecule is CSC1CNCC1N1CCN(CC(F)(F)F)CC1. The van der Waals surface area contributed by atoms with Crippen LogP contribution in [0.2, 0.25) is 0 Å². The second-order valence-electron chi connectivity index (χ2n) is 4.93. The molecule has 2 atom stereocenters. The summed E-state index contributed by atoms with van der Waals surface area (Å²) < 4.78 is 36.9. The van der Waals surface area contributed by atoms with Crippen LogP contribution in [0, 0.1) is 0 Å². The van der Waals surface area contributed by atoms with Gasteiger partial charge in [0.1, 0.15) is 0 Å². The molecule has 1 N–H and O–H groups in total. The molecule has 0 amide bonds. The minimum absolute atomic E-state index is 0.480. The van der Waals surface area contributed by atoms with E-state index in [1.54, 1.807) is 0 Å². The molecule has 2 heterocycles. The molecule has 2 aliphatic rings. The number of halogens is 3. The maximum absolute atomic E-state index is 12.3. The lowest BCUT2D eigenvalue weighted by atomic mass is 10.2. The molecule has 0 bridgehead atoms. The molecule has 0 aliphatic carbocycles. The molecule has 2 saturated heterocycles. The van der Waals surface area contributed by atoms with Gasteiger partial charge in [0.2, 0.25) is 0 Å². The Bertz CT molecular complexity index is 267. The fraction of sp³-hybridized carbons (Fsp3) is 1.00. The van der Waals surface area contributed by atoms with Crippen LogP contribution in [0.4, 0.5) is 13.2 Å². The van der Waals surface area contributed by atoms with Gasteiger partial charge < -0.3 is 5.32 Å². The van der Waals surface area contributed by atoms with Gasteiger partial charge in [0.15, 0.2) is 0 Å². The smallest absolute Gasteiger partial charge is 0.314 e. The van der Waals surface area contributed by atoms with Crippen LogP contribution in [-0.2, 0) is 0 Å². The van der Waals surface area contributed by atoms with Crippen LogP contribution in [0.3, 0.4) is 0 Å². The predicted molar refractivity (Wildman–Crippen MR) is 68.0 cm³/mol. The molecule has 2 unspecified atom stereocenters. The van der Waals surface area contributed by atoms with Crippen LogP contribution in [0.5, 0.6) is 0 Å². The lowest BCUT2D eigenvalue weighted by Gasteiger charge is -2.39. The van der Waals surface area contributed by atoms with Gasteiger partial charge in [-0.05, 0) is 6.26 Å². The largest absolute Gasteiger partial charge is 0.401 e. The van der Waals surface area contributed by atoms with Crippen molar-refractivity contribution in [2.24, 2.45) is 0 Å². The Hall–Kier alpha value is 0.0200. The Labute approximate surface area is 110 Å². The summed E-state index contributed by atoms with van der Waals surface area (Å²) in [7, 11) is 0. The lowest BCUT2D eigenvalue weighted by molar-refractivity contribution is -0.149. The molecular formula is C11H20F3N3S. The van der Waals surface area contributed by atoms with Crippen LogP contribution in [0.25, 0.3) is 0 Å². The molecule has 2 rings (SSSR count). The third-order valence-electron chi connectivity index (χ3n) is 3.71. The zero-order valence-corrected chi connectivity index (χ0v) is 11.4. The predicted octanol–water partition coefficient (Wildman–Crippen LogP) is 0.870. The Morgan fingerprint density at radius 1 is 1.17 bits per heavy atom. The van der Waals surface area contributed by atoms with Gasteiger partial charge in [-0.2, -0.15) is 24.9 Å². The number of piperazine rings is 1. The second kappa shape index (κ2) is 5.98. The zero-order chi connectivity index (χ0) is 13.2. The number of hydrogen-bond acceptors (Lipinski definition) is 4. The minimum Gasteiger partial charge on any atom is -0.314 e. The number of thioether (sulfide) groups is 1. The van der Waals surface area contributed by atoms with E-state index in [0.717, 1.165) is 26.2 Å². The molecule has 0 spiro atoms. The van der Waals surface area contributed by atoms with E-state index in [0.29, 0.717) is 24.4 Å². The van der Waals surface area contributed by atoms with Crippen LogP contribution >= 0.6 is 11.8 Å². The van der Waals surface area contributed by atoms with Crippen molar-refractivity contribution in [3.63, 3.8) is 0 Å². The van der Waals surface area contributed by atoms with Crippen molar-refractivity contribution in [2.45, 2.75) is 17.5 Å². The molecule has 18 heavy (non-hydrogen) atoms. The molecule has 7 heteroatoms. The minimum atomic E-state index is -4.07. The summed E-state index contributed by atoms with van der Waals surface area (Å²) in [5, 5.41) is 3.93. The Balaban J connectivity index is 1.79. The summed E-state index contributed by atoms with van der Waals surface area (Å²) in [6, 6.07) is 0.480. The molecule has 0 radical (unpaired) electrons. The third kappa shape index (κ3) is 3.76. The summed E-state index contributed by atoms with van der Waals surface area (Å²) in [4.78, 5) is 3.85. The van der Waals surface area contributed by atoms with Gasteiger partial charge in [-0.15, -0.1) is 0 Å². The normalized spacial score (nSPS) is 32.0.